The van der Waals surface area contributed by atoms with E-state index in [1.54, 1.807) is 19.1 Å². The van der Waals surface area contributed by atoms with Gasteiger partial charge in [-0.15, -0.1) is 0 Å². The number of hydrogen-bond acceptors (Lipinski definition) is 2. The van der Waals surface area contributed by atoms with Crippen LogP contribution in [-0.2, 0) is 15.5 Å². The van der Waals surface area contributed by atoms with Crippen molar-refractivity contribution in [2.45, 2.75) is 33.1 Å². The smallest absolute Gasteiger partial charge is 0.321 e. The van der Waals surface area contributed by atoms with Gasteiger partial charge in [0.25, 0.3) is 0 Å². The van der Waals surface area contributed by atoms with Crippen LogP contribution in [0, 0.1) is 0 Å². The summed E-state index contributed by atoms with van der Waals surface area (Å²) in [7, 11) is -3.73. The molecular weight excluding hydrogens is 259 g/mol. The molecule has 0 bridgehead atoms. The molecule has 1 aromatic carbocycles. The van der Waals surface area contributed by atoms with Gasteiger partial charge in [0.2, 0.25) is 0 Å². The number of hydrogen-bond donors (Lipinski definition) is 1. The minimum atomic E-state index is -3.73. The summed E-state index contributed by atoms with van der Waals surface area (Å²) in [4.78, 5) is 9.87. The molecule has 5 heteroatoms. The second-order valence-corrected chi connectivity index (χ2v) is 6.03. The summed E-state index contributed by atoms with van der Waals surface area (Å²) in [5.74, 6) is 0. The molecule has 1 N–H and O–H groups in total. The second kappa shape index (κ2) is 6.55. The molecule has 0 amide bonds. The lowest BCUT2D eigenvalue weighted by Crippen LogP contribution is -2.13. The number of aryl methyl sites for hydroxylation is 1. The average Bonchev–Trinajstić information content (AvgIpc) is 2.27. The molecule has 1 aromatic rings. The first-order chi connectivity index (χ1) is 8.01. The molecule has 1 unspecified atom stereocenters. The van der Waals surface area contributed by atoms with Crippen molar-refractivity contribution in [1.29, 1.82) is 0 Å². The largest absolute Gasteiger partial charge is 0.359 e. The summed E-state index contributed by atoms with van der Waals surface area (Å²) >= 11 is 5.87. The normalized spacial score (nSPS) is 14.6. The lowest BCUT2D eigenvalue weighted by atomic mass is 10.1. The first-order valence-electron chi connectivity index (χ1n) is 5.77. The molecule has 1 rings (SSSR count). The zero-order valence-electron chi connectivity index (χ0n) is 10.1. The van der Waals surface area contributed by atoms with Crippen LogP contribution in [0.15, 0.2) is 18.2 Å². The van der Waals surface area contributed by atoms with E-state index in [0.29, 0.717) is 10.3 Å². The Hall–Kier alpha value is -0.340. The maximum Gasteiger partial charge on any atom is 0.359 e. The van der Waals surface area contributed by atoms with E-state index >= 15 is 0 Å². The van der Waals surface area contributed by atoms with Gasteiger partial charge < -0.3 is 9.42 Å². The van der Waals surface area contributed by atoms with Crippen LogP contribution in [-0.4, -0.2) is 11.5 Å². The Labute approximate surface area is 107 Å². The summed E-state index contributed by atoms with van der Waals surface area (Å²) in [5, 5.41) is 0.787. The van der Waals surface area contributed by atoms with Crippen LogP contribution in [0.3, 0.4) is 0 Å². The van der Waals surface area contributed by atoms with Gasteiger partial charge in [0, 0.05) is 5.02 Å². The van der Waals surface area contributed by atoms with Crippen LogP contribution in [0.5, 0.6) is 0 Å². The van der Waals surface area contributed by atoms with Crippen LogP contribution in [0.25, 0.3) is 0 Å². The van der Waals surface area contributed by atoms with Crippen molar-refractivity contribution in [2.24, 2.45) is 0 Å². The highest BCUT2D eigenvalue weighted by atomic mass is 35.5. The van der Waals surface area contributed by atoms with Crippen LogP contribution in [0.4, 0.5) is 0 Å². The molecule has 17 heavy (non-hydrogen) atoms. The quantitative estimate of drug-likeness (QED) is 0.809. The zero-order chi connectivity index (χ0) is 12.9. The van der Waals surface area contributed by atoms with Crippen molar-refractivity contribution in [1.82, 2.24) is 0 Å². The molecule has 0 aliphatic rings. The first-order valence-corrected chi connectivity index (χ1v) is 7.73. The molecule has 0 aliphatic carbocycles. The highest BCUT2D eigenvalue weighted by Gasteiger charge is 2.25. The van der Waals surface area contributed by atoms with Crippen LogP contribution in [0.1, 0.15) is 32.3 Å². The fraction of sp³-hybridized carbons (Fsp3) is 0.500. The molecule has 0 aromatic heterocycles. The Morgan fingerprint density at radius 1 is 1.41 bits per heavy atom. The van der Waals surface area contributed by atoms with Gasteiger partial charge in [0.1, 0.15) is 0 Å². The van der Waals surface area contributed by atoms with Gasteiger partial charge in [-0.05, 0) is 37.5 Å². The lowest BCUT2D eigenvalue weighted by Gasteiger charge is -2.15. The molecular formula is C12H18ClO3P. The minimum Gasteiger partial charge on any atom is -0.321 e. The third-order valence-corrected chi connectivity index (χ3v) is 4.32. The first kappa shape index (κ1) is 14.7. The monoisotopic (exact) mass is 276 g/mol. The minimum absolute atomic E-state index is 0.202. The number of unbranched alkanes of at least 4 members (excludes halogenated alkanes) is 1. The van der Waals surface area contributed by atoms with Crippen molar-refractivity contribution in [3.63, 3.8) is 0 Å². The molecule has 0 aliphatic heterocycles. The average molecular weight is 277 g/mol. The van der Waals surface area contributed by atoms with Crippen LogP contribution >= 0.6 is 19.2 Å². The molecule has 0 heterocycles. The number of benzene rings is 1. The Morgan fingerprint density at radius 2 is 2.12 bits per heavy atom. The van der Waals surface area contributed by atoms with E-state index in [9.17, 15) is 9.46 Å². The topological polar surface area (TPSA) is 46.5 Å². The molecule has 3 nitrogen and oxygen atoms in total. The van der Waals surface area contributed by atoms with Gasteiger partial charge in [0.05, 0.1) is 11.9 Å². The SMILES string of the molecule is CCCCc1ccc(Cl)cc1P(=O)(O)OCC. The Bertz CT molecular complexity index is 420. The highest BCUT2D eigenvalue weighted by Crippen LogP contribution is 2.42. The van der Waals surface area contributed by atoms with Crippen LogP contribution < -0.4 is 5.30 Å². The molecule has 0 saturated heterocycles. The van der Waals surface area contributed by atoms with E-state index in [2.05, 4.69) is 6.92 Å². The summed E-state index contributed by atoms with van der Waals surface area (Å²) in [5.41, 5.74) is 0.843. The van der Waals surface area contributed by atoms with Crippen LogP contribution in [0.2, 0.25) is 5.02 Å². The Kier molecular flexibility index (Phi) is 5.68. The van der Waals surface area contributed by atoms with E-state index in [0.717, 1.165) is 24.8 Å². The summed E-state index contributed by atoms with van der Waals surface area (Å²) < 4.78 is 17.0. The maximum atomic E-state index is 12.0. The molecule has 0 fully saturated rings. The zero-order valence-corrected chi connectivity index (χ0v) is 11.8. The fourth-order valence-corrected chi connectivity index (χ4v) is 3.21. The summed E-state index contributed by atoms with van der Waals surface area (Å²) in [6.07, 6.45) is 2.77. The number of rotatable bonds is 6. The second-order valence-electron chi connectivity index (χ2n) is 3.81. The molecule has 96 valence electrons. The lowest BCUT2D eigenvalue weighted by molar-refractivity contribution is 0.284. The van der Waals surface area contributed by atoms with Crippen molar-refractivity contribution < 1.29 is 14.0 Å². The predicted octanol–water partition coefficient (Wildman–Crippen LogP) is 3.53. The van der Waals surface area contributed by atoms with Crippen molar-refractivity contribution in [2.75, 3.05) is 6.61 Å². The fourth-order valence-electron chi connectivity index (χ4n) is 1.62. The predicted molar refractivity (Wildman–Crippen MR) is 71.1 cm³/mol. The van der Waals surface area contributed by atoms with Gasteiger partial charge in [-0.25, -0.2) is 0 Å². The van der Waals surface area contributed by atoms with Gasteiger partial charge in [-0.2, -0.15) is 0 Å². The molecule has 0 spiro atoms. The number of halogens is 1. The standard InChI is InChI=1S/C12H18ClO3P/c1-3-5-6-10-7-8-11(13)9-12(10)17(14,15)16-4-2/h7-9H,3-6H2,1-2H3,(H,14,15). The van der Waals surface area contributed by atoms with E-state index < -0.39 is 7.60 Å². The summed E-state index contributed by atoms with van der Waals surface area (Å²) in [6, 6.07) is 5.07. The maximum absolute atomic E-state index is 12.0. The third-order valence-electron chi connectivity index (χ3n) is 2.46. The van der Waals surface area contributed by atoms with E-state index in [-0.39, 0.29) is 6.61 Å². The van der Waals surface area contributed by atoms with Crippen molar-refractivity contribution in [3.05, 3.63) is 28.8 Å². The molecule has 1 atom stereocenters. The van der Waals surface area contributed by atoms with Gasteiger partial charge in [-0.1, -0.05) is 31.0 Å². The van der Waals surface area contributed by atoms with E-state index in [1.807, 2.05) is 0 Å². The summed E-state index contributed by atoms with van der Waals surface area (Å²) in [6.45, 7) is 3.98. The third kappa shape index (κ3) is 4.11. The highest BCUT2D eigenvalue weighted by molar-refractivity contribution is 7.61. The van der Waals surface area contributed by atoms with E-state index in [1.165, 1.54) is 6.07 Å². The molecule has 0 saturated carbocycles. The van der Waals surface area contributed by atoms with Gasteiger partial charge in [-0.3, -0.25) is 4.57 Å². The van der Waals surface area contributed by atoms with Crippen molar-refractivity contribution in [3.8, 4) is 0 Å². The van der Waals surface area contributed by atoms with Gasteiger partial charge in [0.15, 0.2) is 0 Å². The van der Waals surface area contributed by atoms with Gasteiger partial charge >= 0.3 is 7.60 Å². The molecule has 0 radical (unpaired) electrons. The Morgan fingerprint density at radius 3 is 2.71 bits per heavy atom. The Balaban J connectivity index is 3.10. The van der Waals surface area contributed by atoms with Crippen molar-refractivity contribution >= 4 is 24.5 Å². The van der Waals surface area contributed by atoms with E-state index in [4.69, 9.17) is 16.1 Å².